The van der Waals surface area contributed by atoms with E-state index in [1.165, 1.54) is 57.8 Å². The van der Waals surface area contributed by atoms with Crippen LogP contribution in [0.2, 0.25) is 0 Å². The second-order valence-electron chi connectivity index (χ2n) is 5.67. The van der Waals surface area contributed by atoms with Gasteiger partial charge in [0.2, 0.25) is 0 Å². The molecule has 0 spiro atoms. The number of nitrogens with one attached hydrogen (secondary N) is 1. The maximum absolute atomic E-state index is 10.7. The first-order valence-corrected chi connectivity index (χ1v) is 8.32. The Labute approximate surface area is 128 Å². The Balaban J connectivity index is 1.98. The lowest BCUT2D eigenvalue weighted by atomic mass is 10.1. The molecule has 0 saturated carbocycles. The van der Waals surface area contributed by atoms with Crippen LogP contribution < -0.4 is 0 Å². The van der Waals surface area contributed by atoms with Crippen molar-refractivity contribution < 1.29 is 9.90 Å². The minimum Gasteiger partial charge on any atom is -0.477 e. The molecule has 1 aromatic heterocycles. The van der Waals surface area contributed by atoms with Crippen molar-refractivity contribution in [3.05, 3.63) is 29.6 Å². The summed E-state index contributed by atoms with van der Waals surface area (Å²) >= 11 is 0. The number of unbranched alkanes of at least 4 members (excludes halogenated alkanes) is 9. The van der Waals surface area contributed by atoms with Crippen LogP contribution in [0.5, 0.6) is 0 Å². The molecule has 0 aliphatic rings. The normalized spacial score (nSPS) is 11.3. The first kappa shape index (κ1) is 17.5. The molecule has 0 unspecified atom stereocenters. The predicted octanol–water partition coefficient (Wildman–Crippen LogP) is 5.65. The third-order valence-corrected chi connectivity index (χ3v) is 3.72. The van der Waals surface area contributed by atoms with Crippen LogP contribution >= 0.6 is 0 Å². The van der Waals surface area contributed by atoms with Crippen LogP contribution in [0.3, 0.4) is 0 Å². The molecule has 0 bridgehead atoms. The van der Waals surface area contributed by atoms with E-state index in [-0.39, 0.29) is 5.69 Å². The van der Waals surface area contributed by atoms with E-state index >= 15 is 0 Å². The van der Waals surface area contributed by atoms with Gasteiger partial charge in [-0.2, -0.15) is 0 Å². The number of hydrogen-bond donors (Lipinski definition) is 2. The van der Waals surface area contributed by atoms with Gasteiger partial charge < -0.3 is 10.1 Å². The third kappa shape index (κ3) is 8.38. The molecule has 0 atom stereocenters. The van der Waals surface area contributed by atoms with Gasteiger partial charge in [0.15, 0.2) is 0 Å². The lowest BCUT2D eigenvalue weighted by molar-refractivity contribution is 0.0691. The largest absolute Gasteiger partial charge is 0.477 e. The summed E-state index contributed by atoms with van der Waals surface area (Å²) in [7, 11) is 0. The van der Waals surface area contributed by atoms with Crippen molar-refractivity contribution in [3.8, 4) is 0 Å². The van der Waals surface area contributed by atoms with Gasteiger partial charge in [0.1, 0.15) is 5.69 Å². The number of H-pyrrole nitrogens is 1. The second-order valence-corrected chi connectivity index (χ2v) is 5.67. The minimum absolute atomic E-state index is 0.248. The second kappa shape index (κ2) is 11.2. The number of hydrogen-bond acceptors (Lipinski definition) is 1. The molecule has 0 fully saturated rings. The summed E-state index contributed by atoms with van der Waals surface area (Å²) in [5.74, 6) is -0.909. The van der Waals surface area contributed by atoms with E-state index in [2.05, 4.69) is 18.0 Å². The topological polar surface area (TPSA) is 53.1 Å². The fourth-order valence-electron chi connectivity index (χ4n) is 2.42. The number of carbonyl (C=O) groups is 1. The quantitative estimate of drug-likeness (QED) is 0.489. The van der Waals surface area contributed by atoms with Crippen molar-refractivity contribution in [2.45, 2.75) is 71.1 Å². The molecule has 21 heavy (non-hydrogen) atoms. The SMILES string of the molecule is CCCCCCCCCCCC=Cc1c[nH]c(C(=O)O)c1. The van der Waals surface area contributed by atoms with Crippen LogP contribution in [0.25, 0.3) is 6.08 Å². The average molecular weight is 291 g/mol. The zero-order valence-electron chi connectivity index (χ0n) is 13.2. The molecule has 0 saturated heterocycles. The number of carboxylic acids is 1. The third-order valence-electron chi connectivity index (χ3n) is 3.72. The summed E-state index contributed by atoms with van der Waals surface area (Å²) in [5.41, 5.74) is 1.18. The van der Waals surface area contributed by atoms with Crippen molar-refractivity contribution in [2.24, 2.45) is 0 Å². The molecule has 0 aliphatic carbocycles. The Hall–Kier alpha value is -1.51. The highest BCUT2D eigenvalue weighted by Crippen LogP contribution is 2.11. The van der Waals surface area contributed by atoms with E-state index in [4.69, 9.17) is 5.11 Å². The van der Waals surface area contributed by atoms with Gasteiger partial charge in [0.05, 0.1) is 0 Å². The molecule has 2 N–H and O–H groups in total. The van der Waals surface area contributed by atoms with Crippen LogP contribution in [-0.2, 0) is 0 Å². The minimum atomic E-state index is -0.909. The average Bonchev–Trinajstić information content (AvgIpc) is 2.94. The first-order chi connectivity index (χ1) is 10.2. The highest BCUT2D eigenvalue weighted by molar-refractivity contribution is 5.86. The summed E-state index contributed by atoms with van der Waals surface area (Å²) < 4.78 is 0. The van der Waals surface area contributed by atoms with Gasteiger partial charge in [-0.25, -0.2) is 4.79 Å². The van der Waals surface area contributed by atoms with E-state index in [0.29, 0.717) is 0 Å². The van der Waals surface area contributed by atoms with Crippen LogP contribution in [0.1, 0.15) is 87.2 Å². The van der Waals surface area contributed by atoms with Crippen molar-refractivity contribution in [3.63, 3.8) is 0 Å². The van der Waals surface area contributed by atoms with Crippen molar-refractivity contribution in [2.75, 3.05) is 0 Å². The van der Waals surface area contributed by atoms with Gasteiger partial charge in [0, 0.05) is 6.20 Å². The lowest BCUT2D eigenvalue weighted by Crippen LogP contribution is -1.94. The molecule has 0 amide bonds. The number of allylic oxidation sites excluding steroid dienone is 1. The summed E-state index contributed by atoms with van der Waals surface area (Å²) in [6.45, 7) is 2.25. The van der Waals surface area contributed by atoms with E-state index in [1.807, 2.05) is 6.08 Å². The van der Waals surface area contributed by atoms with Gasteiger partial charge in [-0.3, -0.25) is 0 Å². The van der Waals surface area contributed by atoms with Crippen LogP contribution in [0.15, 0.2) is 18.3 Å². The molecule has 0 aromatic carbocycles. The number of aromatic carboxylic acids is 1. The Morgan fingerprint density at radius 2 is 1.71 bits per heavy atom. The van der Waals surface area contributed by atoms with Crippen LogP contribution in [0.4, 0.5) is 0 Å². The van der Waals surface area contributed by atoms with Crippen molar-refractivity contribution >= 4 is 12.0 Å². The fraction of sp³-hybridized carbons (Fsp3) is 0.611. The Bertz CT molecular complexity index is 421. The molecule has 1 heterocycles. The Morgan fingerprint density at radius 1 is 1.10 bits per heavy atom. The highest BCUT2D eigenvalue weighted by atomic mass is 16.4. The predicted molar refractivity (Wildman–Crippen MR) is 88.6 cm³/mol. The van der Waals surface area contributed by atoms with Crippen molar-refractivity contribution in [1.82, 2.24) is 4.98 Å². The molecule has 0 aliphatic heterocycles. The fourth-order valence-corrected chi connectivity index (χ4v) is 2.42. The smallest absolute Gasteiger partial charge is 0.352 e. The van der Waals surface area contributed by atoms with Crippen LogP contribution in [-0.4, -0.2) is 16.1 Å². The molecular weight excluding hydrogens is 262 g/mol. The number of rotatable bonds is 12. The van der Waals surface area contributed by atoms with Gasteiger partial charge in [-0.05, 0) is 24.5 Å². The maximum Gasteiger partial charge on any atom is 0.352 e. The zero-order chi connectivity index (χ0) is 15.3. The summed E-state index contributed by atoms with van der Waals surface area (Å²) in [6.07, 6.45) is 19.0. The molecule has 3 heteroatoms. The summed E-state index contributed by atoms with van der Waals surface area (Å²) in [4.78, 5) is 13.5. The van der Waals surface area contributed by atoms with E-state index < -0.39 is 5.97 Å². The lowest BCUT2D eigenvalue weighted by Gasteiger charge is -2.00. The molecule has 118 valence electrons. The molecule has 0 radical (unpaired) electrons. The molecule has 1 rings (SSSR count). The molecular formula is C18H29NO2. The molecule has 3 nitrogen and oxygen atoms in total. The summed E-state index contributed by atoms with van der Waals surface area (Å²) in [5, 5.41) is 8.80. The maximum atomic E-state index is 10.7. The van der Waals surface area contributed by atoms with E-state index in [0.717, 1.165) is 12.0 Å². The van der Waals surface area contributed by atoms with Gasteiger partial charge >= 0.3 is 5.97 Å². The zero-order valence-corrected chi connectivity index (χ0v) is 13.2. The number of aromatic amines is 1. The van der Waals surface area contributed by atoms with Crippen LogP contribution in [0, 0.1) is 0 Å². The first-order valence-electron chi connectivity index (χ1n) is 8.32. The number of aromatic nitrogens is 1. The van der Waals surface area contributed by atoms with Gasteiger partial charge in [-0.1, -0.05) is 70.4 Å². The van der Waals surface area contributed by atoms with E-state index in [1.54, 1.807) is 12.3 Å². The molecule has 1 aromatic rings. The van der Waals surface area contributed by atoms with Crippen molar-refractivity contribution in [1.29, 1.82) is 0 Å². The standard InChI is InChI=1S/C18H29NO2/c1-2-3-4-5-6-7-8-9-10-11-12-13-16-14-17(18(20)21)19-15-16/h12-15,19H,2-11H2,1H3,(H,20,21). The Morgan fingerprint density at radius 3 is 2.29 bits per heavy atom. The summed E-state index contributed by atoms with van der Waals surface area (Å²) in [6, 6.07) is 1.66. The van der Waals surface area contributed by atoms with Gasteiger partial charge in [0.25, 0.3) is 0 Å². The Kier molecular flexibility index (Phi) is 9.34. The van der Waals surface area contributed by atoms with E-state index in [9.17, 15) is 4.79 Å². The number of carboxylic acid groups (broad SMARTS) is 1. The van der Waals surface area contributed by atoms with Gasteiger partial charge in [-0.15, -0.1) is 0 Å². The highest BCUT2D eigenvalue weighted by Gasteiger charge is 2.03. The monoisotopic (exact) mass is 291 g/mol.